The van der Waals surface area contributed by atoms with Gasteiger partial charge in [-0.3, -0.25) is 0 Å². The van der Waals surface area contributed by atoms with Crippen molar-refractivity contribution in [1.82, 2.24) is 0 Å². The van der Waals surface area contributed by atoms with E-state index in [1.807, 2.05) is 0 Å². The summed E-state index contributed by atoms with van der Waals surface area (Å²) in [5.41, 5.74) is 3.67. The van der Waals surface area contributed by atoms with Gasteiger partial charge in [-0.15, -0.1) is 0 Å². The van der Waals surface area contributed by atoms with Gasteiger partial charge in [0.25, 0.3) is 0 Å². The molecule has 0 bridgehead atoms. The Balaban J connectivity index is 1.64. The summed E-state index contributed by atoms with van der Waals surface area (Å²) in [5.74, 6) is 4.22. The number of fused-ring (bicyclic) bond motifs is 5. The molecule has 0 amide bonds. The van der Waals surface area contributed by atoms with E-state index in [1.165, 1.54) is 44.9 Å². The van der Waals surface area contributed by atoms with Crippen LogP contribution in [0.3, 0.4) is 0 Å². The van der Waals surface area contributed by atoms with Gasteiger partial charge in [-0.05, 0) is 130 Å². The summed E-state index contributed by atoms with van der Waals surface area (Å²) in [6.07, 6.45) is 9.77. The fraction of sp³-hybridized carbons (Fsp3) is 0.778. The zero-order valence-electron chi connectivity index (χ0n) is 21.4. The van der Waals surface area contributed by atoms with Crippen molar-refractivity contribution in [3.05, 3.63) is 29.3 Å². The average Bonchev–Trinajstić information content (AvgIpc) is 2.96. The maximum atomic E-state index is 6.78. The van der Waals surface area contributed by atoms with Crippen LogP contribution in [0.1, 0.15) is 81.8 Å². The summed E-state index contributed by atoms with van der Waals surface area (Å²) >= 11 is 0. The van der Waals surface area contributed by atoms with Gasteiger partial charge in [0.05, 0.1) is 6.10 Å². The maximum absolute atomic E-state index is 6.78. The van der Waals surface area contributed by atoms with E-state index in [-0.39, 0.29) is 0 Å². The van der Waals surface area contributed by atoms with E-state index in [1.54, 1.807) is 11.1 Å². The number of benzene rings is 1. The van der Waals surface area contributed by atoms with Gasteiger partial charge in [0, 0.05) is 0 Å². The molecule has 3 aliphatic carbocycles. The van der Waals surface area contributed by atoms with Gasteiger partial charge in [0.2, 0.25) is 8.32 Å². The minimum Gasteiger partial charge on any atom is -0.544 e. The van der Waals surface area contributed by atoms with Gasteiger partial charge < -0.3 is 8.85 Å². The van der Waals surface area contributed by atoms with Crippen molar-refractivity contribution in [3.63, 3.8) is 0 Å². The van der Waals surface area contributed by atoms with Crippen LogP contribution in [-0.2, 0) is 4.43 Å². The van der Waals surface area contributed by atoms with Crippen LogP contribution in [0.25, 0.3) is 0 Å². The van der Waals surface area contributed by atoms with Crippen molar-refractivity contribution in [2.45, 2.75) is 116 Å². The Bertz CT molecular complexity index is 793. The fourth-order valence-electron chi connectivity index (χ4n) is 7.31. The molecule has 1 aromatic carbocycles. The van der Waals surface area contributed by atoms with Crippen LogP contribution in [0.2, 0.25) is 39.3 Å². The van der Waals surface area contributed by atoms with Gasteiger partial charge in [0.1, 0.15) is 5.75 Å². The predicted molar refractivity (Wildman–Crippen MR) is 137 cm³/mol. The highest BCUT2D eigenvalue weighted by molar-refractivity contribution is 6.70. The Morgan fingerprint density at radius 2 is 1.71 bits per heavy atom. The van der Waals surface area contributed by atoms with E-state index in [0.29, 0.717) is 17.4 Å². The first kappa shape index (κ1) is 23.6. The molecule has 3 aliphatic rings. The number of hydrogen-bond donors (Lipinski definition) is 0. The second-order valence-electron chi connectivity index (χ2n) is 12.9. The maximum Gasteiger partial charge on any atom is 0.242 e. The molecule has 2 fully saturated rings. The highest BCUT2D eigenvalue weighted by Crippen LogP contribution is 2.63. The largest absolute Gasteiger partial charge is 0.544 e. The molecule has 4 heteroatoms. The van der Waals surface area contributed by atoms with E-state index in [4.69, 9.17) is 8.85 Å². The van der Waals surface area contributed by atoms with E-state index in [2.05, 4.69) is 71.3 Å². The molecule has 1 aromatic rings. The van der Waals surface area contributed by atoms with Crippen LogP contribution in [-0.4, -0.2) is 22.7 Å². The topological polar surface area (TPSA) is 18.5 Å². The van der Waals surface area contributed by atoms with Crippen molar-refractivity contribution in [3.8, 4) is 5.75 Å². The minimum absolute atomic E-state index is 0.386. The molecule has 0 aliphatic heterocycles. The molecule has 31 heavy (non-hydrogen) atoms. The fourth-order valence-corrected chi connectivity index (χ4v) is 9.39. The van der Waals surface area contributed by atoms with E-state index >= 15 is 0 Å². The van der Waals surface area contributed by atoms with Gasteiger partial charge in [-0.25, -0.2) is 0 Å². The summed E-state index contributed by atoms with van der Waals surface area (Å²) in [4.78, 5) is 0. The van der Waals surface area contributed by atoms with Crippen molar-refractivity contribution < 1.29 is 8.85 Å². The molecular weight excluding hydrogens is 412 g/mol. The minimum atomic E-state index is -1.58. The molecule has 0 saturated heterocycles. The molecule has 2 saturated carbocycles. The molecule has 174 valence electrons. The highest BCUT2D eigenvalue weighted by atomic mass is 28.4. The third-order valence-corrected chi connectivity index (χ3v) is 10.2. The van der Waals surface area contributed by atoms with E-state index in [9.17, 15) is 0 Å². The summed E-state index contributed by atoms with van der Waals surface area (Å²) in [7, 11) is -3.09. The smallest absolute Gasteiger partial charge is 0.242 e. The Labute approximate surface area is 193 Å². The van der Waals surface area contributed by atoms with Gasteiger partial charge >= 0.3 is 0 Å². The first-order valence-corrected chi connectivity index (χ1v) is 19.7. The summed E-state index contributed by atoms with van der Waals surface area (Å²) in [6.45, 7) is 18.9. The quantitative estimate of drug-likeness (QED) is 0.399. The lowest BCUT2D eigenvalue weighted by molar-refractivity contribution is -0.0169. The van der Waals surface area contributed by atoms with Crippen molar-refractivity contribution in [2.75, 3.05) is 0 Å². The zero-order valence-corrected chi connectivity index (χ0v) is 23.4. The molecular formula is C27H46O2Si2. The van der Waals surface area contributed by atoms with Crippen LogP contribution < -0.4 is 4.43 Å². The third kappa shape index (κ3) is 4.72. The second kappa shape index (κ2) is 8.32. The molecule has 0 aromatic heterocycles. The molecule has 2 nitrogen and oxygen atoms in total. The lowest BCUT2D eigenvalue weighted by Gasteiger charge is -2.52. The Morgan fingerprint density at radius 1 is 0.968 bits per heavy atom. The van der Waals surface area contributed by atoms with Crippen molar-refractivity contribution in [1.29, 1.82) is 0 Å². The normalized spacial score (nSPS) is 35.3. The van der Waals surface area contributed by atoms with Gasteiger partial charge in [-0.2, -0.15) is 0 Å². The summed E-state index contributed by atoms with van der Waals surface area (Å²) in [5, 5.41) is 0. The monoisotopic (exact) mass is 458 g/mol. The Hall–Kier alpha value is -0.586. The molecule has 6 atom stereocenters. The molecule has 4 rings (SSSR count). The SMILES string of the molecule is CCC[C@@H]1C[C@@H]2[C@H](CC[C@]3(C)[C@@H](O[Si](C)(C)C)CC[C@@H]23)c2ccc(O[Si](C)(C)C)cc21. The molecule has 0 unspecified atom stereocenters. The van der Waals surface area contributed by atoms with E-state index < -0.39 is 16.6 Å². The van der Waals surface area contributed by atoms with Gasteiger partial charge in [0.15, 0.2) is 8.32 Å². The van der Waals surface area contributed by atoms with Crippen LogP contribution in [0, 0.1) is 17.3 Å². The Kier molecular flexibility index (Phi) is 6.33. The number of rotatable bonds is 6. The van der Waals surface area contributed by atoms with E-state index in [0.717, 1.165) is 23.5 Å². The lowest BCUT2D eigenvalue weighted by Crippen LogP contribution is -2.47. The summed E-state index contributed by atoms with van der Waals surface area (Å²) < 4.78 is 13.2. The first-order valence-electron chi connectivity index (χ1n) is 12.9. The predicted octanol–water partition coefficient (Wildman–Crippen LogP) is 8.32. The second-order valence-corrected chi connectivity index (χ2v) is 21.8. The van der Waals surface area contributed by atoms with Crippen molar-refractivity contribution >= 4 is 16.6 Å². The Morgan fingerprint density at radius 3 is 2.35 bits per heavy atom. The van der Waals surface area contributed by atoms with Crippen LogP contribution >= 0.6 is 0 Å². The van der Waals surface area contributed by atoms with Crippen LogP contribution in [0.5, 0.6) is 5.75 Å². The lowest BCUT2D eigenvalue weighted by atomic mass is 9.53. The standard InChI is InChI=1S/C27H46O2Si2/c1-9-10-19-17-24-22(21-12-11-20(18-23(19)21)28-30(3,4)5)15-16-27(2)25(24)13-14-26(27)29-31(6,7)8/h11-12,18-19,22,24-26H,9-10,13-17H2,1-8H3/t19-,22-,24-,25+,26+,27+/m1/s1. The molecule has 0 radical (unpaired) electrons. The first-order chi connectivity index (χ1) is 14.4. The van der Waals surface area contributed by atoms with Gasteiger partial charge in [-0.1, -0.05) is 26.3 Å². The third-order valence-electron chi connectivity index (χ3n) is 8.36. The van der Waals surface area contributed by atoms with Crippen LogP contribution in [0.15, 0.2) is 18.2 Å². The zero-order chi connectivity index (χ0) is 22.6. The molecule has 0 spiro atoms. The number of hydrogen-bond acceptors (Lipinski definition) is 2. The summed E-state index contributed by atoms with van der Waals surface area (Å²) in [6, 6.07) is 7.17. The average molecular weight is 459 g/mol. The van der Waals surface area contributed by atoms with Crippen LogP contribution in [0.4, 0.5) is 0 Å². The highest BCUT2D eigenvalue weighted by Gasteiger charge is 2.56. The molecule has 0 N–H and O–H groups in total. The molecule has 0 heterocycles. The van der Waals surface area contributed by atoms with Crippen molar-refractivity contribution in [2.24, 2.45) is 17.3 Å².